The van der Waals surface area contributed by atoms with E-state index in [1.54, 1.807) is 19.2 Å². The van der Waals surface area contributed by atoms with Gasteiger partial charge in [-0.1, -0.05) is 13.3 Å². The van der Waals surface area contributed by atoms with Crippen molar-refractivity contribution in [2.45, 2.75) is 39.2 Å². The summed E-state index contributed by atoms with van der Waals surface area (Å²) in [7, 11) is 1.37. The van der Waals surface area contributed by atoms with Crippen LogP contribution in [0.15, 0.2) is 12.3 Å². The first-order valence-corrected chi connectivity index (χ1v) is 6.38. The van der Waals surface area contributed by atoms with Gasteiger partial charge in [0.2, 0.25) is 11.8 Å². The first-order valence-electron chi connectivity index (χ1n) is 6.38. The Bertz CT molecular complexity index is 425. The second-order valence-corrected chi connectivity index (χ2v) is 4.35. The number of methoxy groups -OCH3 is 1. The lowest BCUT2D eigenvalue weighted by molar-refractivity contribution is -0.145. The lowest BCUT2D eigenvalue weighted by Gasteiger charge is -2.27. The van der Waals surface area contributed by atoms with Gasteiger partial charge < -0.3 is 14.8 Å². The molecule has 0 saturated heterocycles. The molecule has 1 atom stereocenters. The standard InChI is InChI=1S/C13H21N3O3/c1-5-8-13(3,11(17)18-4)16-12-14-9-7-10(15-12)19-6-2/h7,9H,5-6,8H2,1-4H3,(H,14,15,16). The number of anilines is 1. The summed E-state index contributed by atoms with van der Waals surface area (Å²) in [5.74, 6) is 0.496. The van der Waals surface area contributed by atoms with Crippen molar-refractivity contribution in [3.8, 4) is 5.88 Å². The average molecular weight is 267 g/mol. The van der Waals surface area contributed by atoms with Crippen molar-refractivity contribution in [3.63, 3.8) is 0 Å². The van der Waals surface area contributed by atoms with Gasteiger partial charge in [-0.05, 0) is 20.3 Å². The minimum atomic E-state index is -0.839. The van der Waals surface area contributed by atoms with E-state index >= 15 is 0 Å². The van der Waals surface area contributed by atoms with Crippen molar-refractivity contribution in [2.75, 3.05) is 19.0 Å². The highest BCUT2D eigenvalue weighted by Crippen LogP contribution is 2.20. The second kappa shape index (κ2) is 6.92. The Kier molecular flexibility index (Phi) is 5.54. The van der Waals surface area contributed by atoms with Crippen LogP contribution in [0.5, 0.6) is 5.88 Å². The summed E-state index contributed by atoms with van der Waals surface area (Å²) in [6.07, 6.45) is 3.05. The maximum atomic E-state index is 11.9. The normalized spacial score (nSPS) is 13.5. The van der Waals surface area contributed by atoms with Gasteiger partial charge in [0.05, 0.1) is 13.7 Å². The van der Waals surface area contributed by atoms with Gasteiger partial charge in [-0.25, -0.2) is 9.78 Å². The fraction of sp³-hybridized carbons (Fsp3) is 0.615. The van der Waals surface area contributed by atoms with E-state index in [2.05, 4.69) is 15.3 Å². The van der Waals surface area contributed by atoms with Gasteiger partial charge in [0.15, 0.2) is 0 Å². The monoisotopic (exact) mass is 267 g/mol. The number of aromatic nitrogens is 2. The minimum absolute atomic E-state index is 0.334. The molecule has 1 N–H and O–H groups in total. The van der Waals surface area contributed by atoms with Crippen LogP contribution < -0.4 is 10.1 Å². The van der Waals surface area contributed by atoms with Crippen LogP contribution in [0.1, 0.15) is 33.6 Å². The molecule has 0 saturated carbocycles. The largest absolute Gasteiger partial charge is 0.478 e. The predicted molar refractivity (Wildman–Crippen MR) is 72.2 cm³/mol. The van der Waals surface area contributed by atoms with E-state index in [4.69, 9.17) is 9.47 Å². The van der Waals surface area contributed by atoms with E-state index in [-0.39, 0.29) is 5.97 Å². The fourth-order valence-electron chi connectivity index (χ4n) is 1.82. The van der Waals surface area contributed by atoms with Crippen LogP contribution in [0.25, 0.3) is 0 Å². The lowest BCUT2D eigenvalue weighted by atomic mass is 9.96. The zero-order valence-electron chi connectivity index (χ0n) is 11.9. The molecule has 1 heterocycles. The second-order valence-electron chi connectivity index (χ2n) is 4.35. The van der Waals surface area contributed by atoms with E-state index in [1.807, 2.05) is 13.8 Å². The molecule has 0 fully saturated rings. The van der Waals surface area contributed by atoms with Gasteiger partial charge in [-0.2, -0.15) is 4.98 Å². The average Bonchev–Trinajstić information content (AvgIpc) is 2.38. The quantitative estimate of drug-likeness (QED) is 0.762. The van der Waals surface area contributed by atoms with Gasteiger partial charge in [0.25, 0.3) is 0 Å². The van der Waals surface area contributed by atoms with E-state index in [9.17, 15) is 4.79 Å². The van der Waals surface area contributed by atoms with Gasteiger partial charge >= 0.3 is 5.97 Å². The molecule has 0 amide bonds. The van der Waals surface area contributed by atoms with E-state index in [0.29, 0.717) is 24.9 Å². The maximum Gasteiger partial charge on any atom is 0.331 e. The highest BCUT2D eigenvalue weighted by Gasteiger charge is 2.34. The lowest BCUT2D eigenvalue weighted by Crippen LogP contribution is -2.44. The summed E-state index contributed by atoms with van der Waals surface area (Å²) < 4.78 is 10.1. The smallest absolute Gasteiger partial charge is 0.331 e. The molecule has 106 valence electrons. The Morgan fingerprint density at radius 1 is 1.47 bits per heavy atom. The van der Waals surface area contributed by atoms with Gasteiger partial charge in [-0.15, -0.1) is 0 Å². The van der Waals surface area contributed by atoms with Crippen LogP contribution in [0.2, 0.25) is 0 Å². The van der Waals surface area contributed by atoms with Crippen molar-refractivity contribution in [1.29, 1.82) is 0 Å². The molecule has 1 aromatic rings. The van der Waals surface area contributed by atoms with E-state index in [0.717, 1.165) is 6.42 Å². The van der Waals surface area contributed by atoms with Crippen molar-refractivity contribution >= 4 is 11.9 Å². The van der Waals surface area contributed by atoms with Gasteiger partial charge in [0, 0.05) is 12.3 Å². The van der Waals surface area contributed by atoms with Crippen LogP contribution in [0, 0.1) is 0 Å². The Hall–Kier alpha value is -1.85. The van der Waals surface area contributed by atoms with Gasteiger partial charge in [0.1, 0.15) is 5.54 Å². The molecule has 0 aliphatic carbocycles. The molecule has 6 nitrogen and oxygen atoms in total. The van der Waals surface area contributed by atoms with Crippen molar-refractivity contribution in [1.82, 2.24) is 9.97 Å². The number of rotatable bonds is 7. The third kappa shape index (κ3) is 4.08. The molecule has 0 radical (unpaired) electrons. The number of nitrogens with zero attached hydrogens (tertiary/aromatic N) is 2. The predicted octanol–water partition coefficient (Wildman–Crippen LogP) is 2.02. The summed E-state index contributed by atoms with van der Waals surface area (Å²) in [6, 6.07) is 1.67. The topological polar surface area (TPSA) is 73.3 Å². The zero-order chi connectivity index (χ0) is 14.3. The number of nitrogens with one attached hydrogen (secondary N) is 1. The summed E-state index contributed by atoms with van der Waals surface area (Å²) in [4.78, 5) is 20.2. The highest BCUT2D eigenvalue weighted by atomic mass is 16.5. The number of ether oxygens (including phenoxy) is 2. The highest BCUT2D eigenvalue weighted by molar-refractivity contribution is 5.83. The molecule has 1 aromatic heterocycles. The number of carbonyl (C=O) groups excluding carboxylic acids is 1. The molecule has 1 rings (SSSR count). The molecule has 0 spiro atoms. The van der Waals surface area contributed by atoms with E-state index < -0.39 is 5.54 Å². The summed E-state index contributed by atoms with van der Waals surface area (Å²) in [5.41, 5.74) is -0.839. The molecular formula is C13H21N3O3. The zero-order valence-corrected chi connectivity index (χ0v) is 11.9. The molecule has 6 heteroatoms. The number of hydrogen-bond donors (Lipinski definition) is 1. The van der Waals surface area contributed by atoms with Crippen LogP contribution in [0.4, 0.5) is 5.95 Å². The number of esters is 1. The number of carbonyl (C=O) groups is 1. The molecule has 0 aliphatic rings. The first-order chi connectivity index (χ1) is 9.05. The molecular weight excluding hydrogens is 246 g/mol. The molecule has 1 unspecified atom stereocenters. The van der Waals surface area contributed by atoms with Crippen LogP contribution >= 0.6 is 0 Å². The van der Waals surface area contributed by atoms with Crippen LogP contribution in [-0.4, -0.2) is 35.2 Å². The third-order valence-electron chi connectivity index (χ3n) is 2.70. The maximum absolute atomic E-state index is 11.9. The van der Waals surface area contributed by atoms with E-state index in [1.165, 1.54) is 7.11 Å². The van der Waals surface area contributed by atoms with Crippen LogP contribution in [0.3, 0.4) is 0 Å². The number of hydrogen-bond acceptors (Lipinski definition) is 6. The molecule has 0 aromatic carbocycles. The summed E-state index contributed by atoms with van der Waals surface area (Å²) in [5, 5.41) is 3.03. The minimum Gasteiger partial charge on any atom is -0.478 e. The summed E-state index contributed by atoms with van der Waals surface area (Å²) >= 11 is 0. The van der Waals surface area contributed by atoms with Crippen molar-refractivity contribution in [3.05, 3.63) is 12.3 Å². The Balaban J connectivity index is 2.90. The Morgan fingerprint density at radius 3 is 2.79 bits per heavy atom. The third-order valence-corrected chi connectivity index (χ3v) is 2.70. The fourth-order valence-corrected chi connectivity index (χ4v) is 1.82. The van der Waals surface area contributed by atoms with Crippen molar-refractivity contribution < 1.29 is 14.3 Å². The SMILES string of the molecule is CCCC(C)(Nc1nccc(OCC)n1)C(=O)OC. The summed E-state index contributed by atoms with van der Waals surface area (Å²) in [6.45, 7) is 6.18. The van der Waals surface area contributed by atoms with Crippen molar-refractivity contribution in [2.24, 2.45) is 0 Å². The van der Waals surface area contributed by atoms with Crippen LogP contribution in [-0.2, 0) is 9.53 Å². The Labute approximate surface area is 113 Å². The first kappa shape index (κ1) is 15.2. The molecule has 0 aliphatic heterocycles. The molecule has 19 heavy (non-hydrogen) atoms. The molecule has 0 bridgehead atoms. The van der Waals surface area contributed by atoms with Gasteiger partial charge in [-0.3, -0.25) is 0 Å². The Morgan fingerprint density at radius 2 is 2.21 bits per heavy atom.